The molecule has 2 amide bonds. The standard InChI is InChI=1S/C26H20ClN3O6/c1-2-35-26(34)19-5-3-4-6-20(19)30-23(31)21(27)22(24(30)32)29-17-11-7-15(8-12-17)25(33)36-18-13-9-16(28)10-14-18/h3-14,29H,2,28H2,1H3. The number of rotatable bonds is 7. The second-order valence-corrected chi connectivity index (χ2v) is 7.91. The van der Waals surface area contributed by atoms with Crippen LogP contribution in [0.4, 0.5) is 17.1 Å². The summed E-state index contributed by atoms with van der Waals surface area (Å²) in [5.41, 5.74) is 6.77. The van der Waals surface area contributed by atoms with Gasteiger partial charge < -0.3 is 20.5 Å². The maximum Gasteiger partial charge on any atom is 0.343 e. The van der Waals surface area contributed by atoms with Gasteiger partial charge in [-0.15, -0.1) is 0 Å². The van der Waals surface area contributed by atoms with Crippen molar-refractivity contribution < 1.29 is 28.7 Å². The van der Waals surface area contributed by atoms with Gasteiger partial charge in [0.1, 0.15) is 16.5 Å². The lowest BCUT2D eigenvalue weighted by atomic mass is 10.1. The Balaban J connectivity index is 1.51. The molecular weight excluding hydrogens is 486 g/mol. The Morgan fingerprint density at radius 1 is 0.917 bits per heavy atom. The number of nitrogen functional groups attached to an aromatic ring is 1. The molecule has 0 bridgehead atoms. The van der Waals surface area contributed by atoms with E-state index in [2.05, 4.69) is 5.32 Å². The van der Waals surface area contributed by atoms with Crippen molar-refractivity contribution >= 4 is 52.4 Å². The average molecular weight is 506 g/mol. The lowest BCUT2D eigenvalue weighted by molar-refractivity contribution is -0.120. The predicted octanol–water partition coefficient (Wildman–Crippen LogP) is 4.10. The summed E-state index contributed by atoms with van der Waals surface area (Å²) in [5, 5.41) is 2.48. The zero-order valence-corrected chi connectivity index (χ0v) is 19.7. The summed E-state index contributed by atoms with van der Waals surface area (Å²) in [4.78, 5) is 51.5. The van der Waals surface area contributed by atoms with Crippen molar-refractivity contribution in [2.45, 2.75) is 6.92 Å². The Morgan fingerprint density at radius 2 is 1.58 bits per heavy atom. The number of amides is 2. The summed E-state index contributed by atoms with van der Waals surface area (Å²) in [5.74, 6) is -2.45. The van der Waals surface area contributed by atoms with Crippen LogP contribution >= 0.6 is 11.6 Å². The topological polar surface area (TPSA) is 128 Å². The number of nitrogens with zero attached hydrogens (tertiary/aromatic N) is 1. The summed E-state index contributed by atoms with van der Waals surface area (Å²) in [6, 6.07) is 18.5. The van der Waals surface area contributed by atoms with Crippen LogP contribution in [-0.4, -0.2) is 30.4 Å². The molecule has 1 aliphatic heterocycles. The summed E-state index contributed by atoms with van der Waals surface area (Å²) in [6.07, 6.45) is 0. The zero-order valence-electron chi connectivity index (χ0n) is 19.0. The molecule has 0 atom stereocenters. The third kappa shape index (κ3) is 4.91. The number of imide groups is 1. The molecule has 0 saturated heterocycles. The number of anilines is 3. The molecule has 9 nitrogen and oxygen atoms in total. The van der Waals surface area contributed by atoms with Gasteiger partial charge in [0.2, 0.25) is 0 Å². The molecule has 0 fully saturated rings. The van der Waals surface area contributed by atoms with E-state index < -0.39 is 23.8 Å². The van der Waals surface area contributed by atoms with E-state index in [0.29, 0.717) is 17.1 Å². The van der Waals surface area contributed by atoms with Gasteiger partial charge in [0, 0.05) is 11.4 Å². The lowest BCUT2D eigenvalue weighted by Crippen LogP contribution is -2.33. The molecule has 0 radical (unpaired) electrons. The second-order valence-electron chi connectivity index (χ2n) is 7.53. The molecule has 3 aromatic carbocycles. The van der Waals surface area contributed by atoms with Gasteiger partial charge in [-0.1, -0.05) is 23.7 Å². The zero-order chi connectivity index (χ0) is 25.8. The van der Waals surface area contributed by atoms with Gasteiger partial charge in [-0.05, 0) is 67.6 Å². The van der Waals surface area contributed by atoms with Crippen LogP contribution in [0.2, 0.25) is 0 Å². The Kier molecular flexibility index (Phi) is 7.03. The van der Waals surface area contributed by atoms with Gasteiger partial charge in [0.25, 0.3) is 11.8 Å². The molecule has 3 N–H and O–H groups in total. The highest BCUT2D eigenvalue weighted by atomic mass is 35.5. The van der Waals surface area contributed by atoms with E-state index in [9.17, 15) is 19.2 Å². The molecule has 1 aliphatic rings. The molecule has 1 heterocycles. The second kappa shape index (κ2) is 10.3. The van der Waals surface area contributed by atoms with Crippen molar-refractivity contribution in [3.63, 3.8) is 0 Å². The predicted molar refractivity (Wildman–Crippen MR) is 134 cm³/mol. The molecule has 4 rings (SSSR count). The monoisotopic (exact) mass is 505 g/mol. The van der Waals surface area contributed by atoms with Crippen LogP contribution in [0.5, 0.6) is 5.75 Å². The number of ether oxygens (including phenoxy) is 2. The minimum Gasteiger partial charge on any atom is -0.462 e. The number of carbonyl (C=O) groups is 4. The molecule has 3 aromatic rings. The largest absolute Gasteiger partial charge is 0.462 e. The number of halogens is 1. The Bertz CT molecular complexity index is 1380. The molecule has 0 aliphatic carbocycles. The molecule has 0 aromatic heterocycles. The lowest BCUT2D eigenvalue weighted by Gasteiger charge is -2.18. The van der Waals surface area contributed by atoms with E-state index in [4.69, 9.17) is 26.8 Å². The summed E-state index contributed by atoms with van der Waals surface area (Å²) < 4.78 is 10.3. The number of hydrogen-bond acceptors (Lipinski definition) is 8. The molecule has 182 valence electrons. The maximum absolute atomic E-state index is 13.1. The van der Waals surface area contributed by atoms with E-state index in [1.165, 1.54) is 36.4 Å². The van der Waals surface area contributed by atoms with Gasteiger partial charge in [0.05, 0.1) is 23.4 Å². The van der Waals surface area contributed by atoms with Crippen molar-refractivity contribution in [3.05, 3.63) is 94.7 Å². The Hall–Kier alpha value is -4.63. The first kappa shape index (κ1) is 24.5. The molecule has 0 unspecified atom stereocenters. The number of benzene rings is 3. The molecule has 0 spiro atoms. The van der Waals surface area contributed by atoms with Crippen molar-refractivity contribution in [2.75, 3.05) is 22.6 Å². The fourth-order valence-corrected chi connectivity index (χ4v) is 3.63. The van der Waals surface area contributed by atoms with Crippen LogP contribution in [0.3, 0.4) is 0 Å². The average Bonchev–Trinajstić information content (AvgIpc) is 3.08. The Labute approximate surface area is 211 Å². The highest BCUT2D eigenvalue weighted by Gasteiger charge is 2.40. The minimum atomic E-state index is -0.787. The van der Waals surface area contributed by atoms with E-state index in [1.807, 2.05) is 0 Å². The van der Waals surface area contributed by atoms with Gasteiger partial charge in [-0.25, -0.2) is 14.5 Å². The van der Waals surface area contributed by atoms with Gasteiger partial charge >= 0.3 is 11.9 Å². The first-order chi connectivity index (χ1) is 17.3. The first-order valence-corrected chi connectivity index (χ1v) is 11.2. The van der Waals surface area contributed by atoms with Crippen molar-refractivity contribution in [1.29, 1.82) is 0 Å². The maximum atomic E-state index is 13.1. The molecule has 10 heteroatoms. The van der Waals surface area contributed by atoms with Crippen LogP contribution in [0.1, 0.15) is 27.6 Å². The summed E-state index contributed by atoms with van der Waals surface area (Å²) in [7, 11) is 0. The summed E-state index contributed by atoms with van der Waals surface area (Å²) >= 11 is 6.20. The fourth-order valence-electron chi connectivity index (χ4n) is 3.42. The van der Waals surface area contributed by atoms with Gasteiger partial charge in [-0.3, -0.25) is 9.59 Å². The normalized spacial score (nSPS) is 13.1. The number of carbonyl (C=O) groups excluding carboxylic acids is 4. The van der Waals surface area contributed by atoms with E-state index in [-0.39, 0.29) is 34.2 Å². The van der Waals surface area contributed by atoms with Crippen LogP contribution in [-0.2, 0) is 14.3 Å². The molecular formula is C26H20ClN3O6. The summed E-state index contributed by atoms with van der Waals surface area (Å²) in [6.45, 7) is 1.78. The Morgan fingerprint density at radius 3 is 2.25 bits per heavy atom. The third-order valence-electron chi connectivity index (χ3n) is 5.15. The fraction of sp³-hybridized carbons (Fsp3) is 0.0769. The van der Waals surface area contributed by atoms with Crippen LogP contribution in [0.15, 0.2) is 83.5 Å². The van der Waals surface area contributed by atoms with Gasteiger partial charge in [-0.2, -0.15) is 0 Å². The van der Waals surface area contributed by atoms with Crippen molar-refractivity contribution in [2.24, 2.45) is 0 Å². The number of nitrogens with two attached hydrogens (primary N) is 1. The first-order valence-electron chi connectivity index (χ1n) is 10.8. The smallest absolute Gasteiger partial charge is 0.343 e. The third-order valence-corrected chi connectivity index (χ3v) is 5.50. The van der Waals surface area contributed by atoms with Crippen LogP contribution in [0.25, 0.3) is 0 Å². The number of esters is 2. The number of hydrogen-bond donors (Lipinski definition) is 2. The number of nitrogens with one attached hydrogen (secondary N) is 1. The van der Waals surface area contributed by atoms with Crippen molar-refractivity contribution in [3.8, 4) is 5.75 Å². The number of para-hydroxylation sites is 1. The molecule has 36 heavy (non-hydrogen) atoms. The van der Waals surface area contributed by atoms with Gasteiger partial charge in [0.15, 0.2) is 0 Å². The molecule has 0 saturated carbocycles. The highest BCUT2D eigenvalue weighted by Crippen LogP contribution is 2.32. The van der Waals surface area contributed by atoms with E-state index >= 15 is 0 Å². The van der Waals surface area contributed by atoms with Crippen LogP contribution in [0, 0.1) is 0 Å². The SMILES string of the molecule is CCOC(=O)c1ccccc1N1C(=O)C(Cl)=C(Nc2ccc(C(=O)Oc3ccc(N)cc3)cc2)C1=O. The minimum absolute atomic E-state index is 0.0516. The van der Waals surface area contributed by atoms with Crippen LogP contribution < -0.4 is 20.7 Å². The van der Waals surface area contributed by atoms with Crippen molar-refractivity contribution in [1.82, 2.24) is 0 Å². The highest BCUT2D eigenvalue weighted by molar-refractivity contribution is 6.53. The van der Waals surface area contributed by atoms with E-state index in [0.717, 1.165) is 4.90 Å². The van der Waals surface area contributed by atoms with E-state index in [1.54, 1.807) is 43.3 Å². The quantitative estimate of drug-likeness (QED) is 0.212.